The van der Waals surface area contributed by atoms with Gasteiger partial charge in [0.1, 0.15) is 0 Å². The van der Waals surface area contributed by atoms with E-state index in [1.165, 1.54) is 42.8 Å². The van der Waals surface area contributed by atoms with Crippen LogP contribution < -0.4 is 0 Å². The number of likely N-dealkylation sites (tertiary alicyclic amines) is 1. The molecule has 118 valence electrons. The predicted octanol–water partition coefficient (Wildman–Crippen LogP) is 3.83. The van der Waals surface area contributed by atoms with E-state index in [4.69, 9.17) is 9.51 Å². The maximum Gasteiger partial charge on any atom is 0.223 e. The first kappa shape index (κ1) is 14.3. The molecule has 0 N–H and O–H groups in total. The Bertz CT molecular complexity index is 632. The fourth-order valence-corrected chi connectivity index (χ4v) is 4.70. The van der Waals surface area contributed by atoms with Crippen LogP contribution >= 0.6 is 11.3 Å². The molecule has 0 spiro atoms. The van der Waals surface area contributed by atoms with Gasteiger partial charge in [0, 0.05) is 24.8 Å². The second-order valence-electron chi connectivity index (χ2n) is 6.46. The van der Waals surface area contributed by atoms with Crippen LogP contribution in [-0.4, -0.2) is 26.6 Å². The molecule has 5 nitrogen and oxygen atoms in total. The zero-order valence-electron chi connectivity index (χ0n) is 13.0. The third-order valence-corrected chi connectivity index (χ3v) is 5.90. The van der Waals surface area contributed by atoms with Gasteiger partial charge in [0.05, 0.1) is 16.7 Å². The second-order valence-corrected chi connectivity index (χ2v) is 7.35. The van der Waals surface area contributed by atoms with Gasteiger partial charge < -0.3 is 4.52 Å². The highest BCUT2D eigenvalue weighted by Crippen LogP contribution is 2.36. The van der Waals surface area contributed by atoms with Gasteiger partial charge in [-0.05, 0) is 32.2 Å². The maximum atomic E-state index is 5.15. The van der Waals surface area contributed by atoms with Crippen LogP contribution in [0.2, 0.25) is 0 Å². The average molecular weight is 318 g/mol. The summed E-state index contributed by atoms with van der Waals surface area (Å²) in [4.78, 5) is 11.8. The van der Waals surface area contributed by atoms with E-state index in [0.29, 0.717) is 11.8 Å². The Balaban J connectivity index is 1.45. The first-order valence-corrected chi connectivity index (χ1v) is 9.16. The highest BCUT2D eigenvalue weighted by atomic mass is 32.1. The normalized spacial score (nSPS) is 23.6. The first-order chi connectivity index (χ1) is 10.8. The summed E-state index contributed by atoms with van der Waals surface area (Å²) >= 11 is 1.84. The van der Waals surface area contributed by atoms with Gasteiger partial charge in [-0.1, -0.05) is 18.0 Å². The van der Waals surface area contributed by atoms with Crippen LogP contribution in [0.5, 0.6) is 0 Å². The maximum absolute atomic E-state index is 5.15. The highest BCUT2D eigenvalue weighted by molar-refractivity contribution is 7.09. The van der Waals surface area contributed by atoms with Gasteiger partial charge in [-0.3, -0.25) is 4.90 Å². The van der Waals surface area contributed by atoms with Crippen molar-refractivity contribution in [3.8, 4) is 0 Å². The molecule has 6 heteroatoms. The van der Waals surface area contributed by atoms with E-state index in [-0.39, 0.29) is 6.04 Å². The van der Waals surface area contributed by atoms with Crippen molar-refractivity contribution < 1.29 is 4.52 Å². The summed E-state index contributed by atoms with van der Waals surface area (Å²) in [6.07, 6.45) is 7.68. The molecule has 2 aliphatic rings. The summed E-state index contributed by atoms with van der Waals surface area (Å²) in [6.45, 7) is 3.85. The zero-order chi connectivity index (χ0) is 14.9. The summed E-state index contributed by atoms with van der Waals surface area (Å²) in [5, 5.41) is 7.70. The van der Waals surface area contributed by atoms with Crippen molar-refractivity contribution in [2.24, 2.45) is 0 Å². The minimum absolute atomic E-state index is 0.286. The van der Waals surface area contributed by atoms with Crippen LogP contribution in [0.1, 0.15) is 72.9 Å². The lowest BCUT2D eigenvalue weighted by atomic mass is 10.1. The molecule has 1 saturated carbocycles. The van der Waals surface area contributed by atoms with Crippen LogP contribution in [0.4, 0.5) is 0 Å². The highest BCUT2D eigenvalue weighted by Gasteiger charge is 2.30. The van der Waals surface area contributed by atoms with Crippen LogP contribution in [0.25, 0.3) is 0 Å². The van der Waals surface area contributed by atoms with E-state index in [1.54, 1.807) is 0 Å². The Morgan fingerprint density at radius 2 is 2.09 bits per heavy atom. The predicted molar refractivity (Wildman–Crippen MR) is 84.7 cm³/mol. The van der Waals surface area contributed by atoms with E-state index in [2.05, 4.69) is 20.4 Å². The number of hydrogen-bond donors (Lipinski definition) is 0. The van der Waals surface area contributed by atoms with E-state index in [9.17, 15) is 0 Å². The molecule has 1 saturated heterocycles. The van der Waals surface area contributed by atoms with Crippen LogP contribution in [0.15, 0.2) is 9.90 Å². The third-order valence-electron chi connectivity index (χ3n) is 4.84. The molecular weight excluding hydrogens is 296 g/mol. The molecule has 0 radical (unpaired) electrons. The van der Waals surface area contributed by atoms with Crippen molar-refractivity contribution in [1.29, 1.82) is 0 Å². The summed E-state index contributed by atoms with van der Waals surface area (Å²) in [6, 6.07) is 0.286. The molecular formula is C16H22N4OS. The minimum Gasteiger partial charge on any atom is -0.340 e. The van der Waals surface area contributed by atoms with Crippen molar-refractivity contribution in [2.45, 2.75) is 64.0 Å². The van der Waals surface area contributed by atoms with Crippen molar-refractivity contribution in [3.05, 3.63) is 27.8 Å². The molecule has 2 aromatic heterocycles. The van der Waals surface area contributed by atoms with Gasteiger partial charge in [-0.15, -0.1) is 11.3 Å². The van der Waals surface area contributed by atoms with Crippen molar-refractivity contribution in [2.75, 3.05) is 6.54 Å². The second kappa shape index (κ2) is 6.08. The molecule has 1 aliphatic carbocycles. The lowest BCUT2D eigenvalue weighted by Gasteiger charge is -2.20. The monoisotopic (exact) mass is 318 g/mol. The fraction of sp³-hybridized carbons (Fsp3) is 0.688. The van der Waals surface area contributed by atoms with E-state index < -0.39 is 0 Å². The largest absolute Gasteiger partial charge is 0.340 e. The fourth-order valence-electron chi connectivity index (χ4n) is 3.72. The van der Waals surface area contributed by atoms with E-state index >= 15 is 0 Å². The summed E-state index contributed by atoms with van der Waals surface area (Å²) in [7, 11) is 0. The SMILES string of the molecule is Cc1nc([C@H]2CCCN2Cc2csc(C3CCCC3)n2)no1. The quantitative estimate of drug-likeness (QED) is 0.857. The Labute approximate surface area is 134 Å². The number of rotatable bonds is 4. The topological polar surface area (TPSA) is 55.1 Å². The number of thiazole rings is 1. The smallest absolute Gasteiger partial charge is 0.223 e. The molecule has 0 bridgehead atoms. The van der Waals surface area contributed by atoms with Crippen LogP contribution in [0, 0.1) is 6.92 Å². The Morgan fingerprint density at radius 3 is 2.86 bits per heavy atom. The Morgan fingerprint density at radius 1 is 1.23 bits per heavy atom. The Kier molecular flexibility index (Phi) is 3.96. The number of aryl methyl sites for hydroxylation is 1. The number of nitrogens with zero attached hydrogens (tertiary/aromatic N) is 4. The molecule has 0 amide bonds. The van der Waals surface area contributed by atoms with E-state index in [1.807, 2.05) is 18.3 Å². The molecule has 0 aromatic carbocycles. The number of aromatic nitrogens is 3. The summed E-state index contributed by atoms with van der Waals surface area (Å²) < 4.78 is 5.15. The summed E-state index contributed by atoms with van der Waals surface area (Å²) in [5.74, 6) is 2.20. The van der Waals surface area contributed by atoms with Gasteiger partial charge in [0.25, 0.3) is 0 Å². The van der Waals surface area contributed by atoms with Crippen molar-refractivity contribution in [1.82, 2.24) is 20.0 Å². The van der Waals surface area contributed by atoms with Gasteiger partial charge in [-0.25, -0.2) is 4.98 Å². The third kappa shape index (κ3) is 2.82. The molecule has 1 aliphatic heterocycles. The van der Waals surface area contributed by atoms with Gasteiger partial charge in [0.2, 0.25) is 5.89 Å². The molecule has 1 atom stereocenters. The first-order valence-electron chi connectivity index (χ1n) is 8.28. The molecule has 0 unspecified atom stereocenters. The lowest BCUT2D eigenvalue weighted by molar-refractivity contribution is 0.232. The molecule has 2 fully saturated rings. The molecule has 4 rings (SSSR count). The molecule has 3 heterocycles. The molecule has 22 heavy (non-hydrogen) atoms. The summed E-state index contributed by atoms with van der Waals surface area (Å²) in [5.41, 5.74) is 1.21. The van der Waals surface area contributed by atoms with Crippen LogP contribution in [0.3, 0.4) is 0 Å². The van der Waals surface area contributed by atoms with E-state index in [0.717, 1.165) is 25.3 Å². The van der Waals surface area contributed by atoms with Gasteiger partial charge in [-0.2, -0.15) is 4.98 Å². The average Bonchev–Trinajstić information content (AvgIpc) is 3.26. The van der Waals surface area contributed by atoms with Crippen molar-refractivity contribution in [3.63, 3.8) is 0 Å². The van der Waals surface area contributed by atoms with Gasteiger partial charge >= 0.3 is 0 Å². The lowest BCUT2D eigenvalue weighted by Crippen LogP contribution is -2.23. The van der Waals surface area contributed by atoms with Gasteiger partial charge in [0.15, 0.2) is 5.82 Å². The Hall–Kier alpha value is -1.27. The number of hydrogen-bond acceptors (Lipinski definition) is 6. The van der Waals surface area contributed by atoms with Crippen LogP contribution in [-0.2, 0) is 6.54 Å². The zero-order valence-corrected chi connectivity index (χ0v) is 13.8. The van der Waals surface area contributed by atoms with Crippen molar-refractivity contribution >= 4 is 11.3 Å². The molecule has 2 aromatic rings. The minimum atomic E-state index is 0.286. The standard InChI is InChI=1S/C16H22N4OS/c1-11-17-15(19-21-11)14-7-4-8-20(14)9-13-10-22-16(18-13)12-5-2-3-6-12/h10,12,14H,2-9H2,1H3/t14-/m1/s1.